The smallest absolute Gasteiger partial charge is 0.664 e. The number of methoxy groups -OCH3 is 1. The van der Waals surface area contributed by atoms with Gasteiger partial charge in [0.05, 0.1) is 12.8 Å². The maximum atomic E-state index is 14.0. The quantitative estimate of drug-likeness (QED) is 0.221. The predicted molar refractivity (Wildman–Crippen MR) is 172 cm³/mol. The monoisotopic (exact) mass is 630 g/mol. The Balaban J connectivity index is 0.00000372. The third kappa shape index (κ3) is 4.27. The van der Waals surface area contributed by atoms with Gasteiger partial charge in [0.25, 0.3) is 0 Å². The van der Waals surface area contributed by atoms with E-state index in [0.29, 0.717) is 39.5 Å². The SMILES string of the molecule is C=CC1=C2/C=c3\[n-]/c(c(CC)c3C)=C\c3[n-]c4c(c3C)C(=O)[C@H](C(=O)OC)/C4=C3/[N-]/C(=C\[C@@]4([N-]2)O[C@]14C)[C@@H](C)[C@@H]3CCC(=O)O.[Mg+2]. The summed E-state index contributed by atoms with van der Waals surface area (Å²) in [4.78, 5) is 48.9. The molecule has 0 aromatic carbocycles. The number of fused-ring (bicyclic) bond motifs is 6. The van der Waals surface area contributed by atoms with Gasteiger partial charge < -0.3 is 35.2 Å². The Morgan fingerprint density at radius 3 is 2.57 bits per heavy atom. The topological polar surface area (TPSA) is 150 Å². The van der Waals surface area contributed by atoms with Gasteiger partial charge in [-0.25, -0.2) is 0 Å². The number of epoxide rings is 1. The summed E-state index contributed by atoms with van der Waals surface area (Å²) in [5, 5.41) is 21.3. The van der Waals surface area contributed by atoms with Gasteiger partial charge in [-0.1, -0.05) is 67.0 Å². The Kier molecular flexibility index (Phi) is 7.61. The van der Waals surface area contributed by atoms with Crippen molar-refractivity contribution in [1.29, 1.82) is 0 Å². The van der Waals surface area contributed by atoms with Crippen LogP contribution in [0, 0.1) is 31.6 Å². The summed E-state index contributed by atoms with van der Waals surface area (Å²) in [7, 11) is 1.25. The number of ketones is 1. The molecule has 1 N–H and O–H groups in total. The molecular formula is C35H34MgN4O6-2. The molecule has 6 heterocycles. The fourth-order valence-electron chi connectivity index (χ4n) is 7.63. The zero-order valence-electron chi connectivity index (χ0n) is 26.9. The minimum atomic E-state index is -1.25. The summed E-state index contributed by atoms with van der Waals surface area (Å²) in [6.07, 6.45) is 8.41. The molecule has 11 heteroatoms. The Bertz CT molecular complexity index is 1980. The van der Waals surface area contributed by atoms with Gasteiger partial charge in [-0.2, -0.15) is 11.4 Å². The number of esters is 1. The summed E-state index contributed by atoms with van der Waals surface area (Å²) in [5.74, 6) is -3.95. The van der Waals surface area contributed by atoms with Gasteiger partial charge in [-0.15, -0.1) is 27.8 Å². The second-order valence-corrected chi connectivity index (χ2v) is 12.5. The van der Waals surface area contributed by atoms with E-state index in [0.717, 1.165) is 39.5 Å². The molecule has 0 unspecified atom stereocenters. The first kappa shape index (κ1) is 32.1. The largest absolute Gasteiger partial charge is 2.00 e. The average Bonchev–Trinajstić information content (AvgIpc) is 3.40. The number of carbonyl (C=O) groups is 3. The third-order valence-electron chi connectivity index (χ3n) is 10.2. The Morgan fingerprint density at radius 1 is 1.17 bits per heavy atom. The molecule has 46 heavy (non-hydrogen) atoms. The second-order valence-electron chi connectivity index (χ2n) is 12.5. The number of nitrogens with zero attached hydrogens (tertiary/aromatic N) is 4. The van der Waals surface area contributed by atoms with E-state index in [4.69, 9.17) is 30.1 Å². The van der Waals surface area contributed by atoms with E-state index in [9.17, 15) is 19.5 Å². The summed E-state index contributed by atoms with van der Waals surface area (Å²) in [6, 6.07) is 0. The molecule has 4 aliphatic heterocycles. The van der Waals surface area contributed by atoms with Crippen molar-refractivity contribution in [1.82, 2.24) is 9.97 Å². The molecule has 2 saturated heterocycles. The van der Waals surface area contributed by atoms with Crippen LogP contribution in [0.1, 0.15) is 72.0 Å². The molecule has 8 bridgehead atoms. The number of carboxylic acids is 1. The first-order chi connectivity index (χ1) is 21.4. The van der Waals surface area contributed by atoms with E-state index >= 15 is 0 Å². The molecular weight excluding hydrogens is 597 g/mol. The van der Waals surface area contributed by atoms with Crippen molar-refractivity contribution < 1.29 is 29.0 Å². The number of carboxylic acid groups (broad SMARTS) is 1. The molecule has 1 aliphatic carbocycles. The number of allylic oxidation sites excluding steroid dienone is 3. The number of hydrogen-bond acceptors (Lipinski definition) is 5. The number of aliphatic carboxylic acids is 1. The summed E-state index contributed by atoms with van der Waals surface area (Å²) in [6.45, 7) is 13.9. The molecule has 0 radical (unpaired) electrons. The summed E-state index contributed by atoms with van der Waals surface area (Å²) < 4.78 is 11.4. The Hall–Kier alpha value is -3.80. The van der Waals surface area contributed by atoms with Crippen LogP contribution in [0.4, 0.5) is 0 Å². The van der Waals surface area contributed by atoms with Crippen molar-refractivity contribution in [2.45, 2.75) is 65.2 Å². The summed E-state index contributed by atoms with van der Waals surface area (Å²) in [5.41, 5.74) is 5.35. The van der Waals surface area contributed by atoms with Crippen molar-refractivity contribution in [3.05, 3.63) is 96.4 Å². The first-order valence-corrected chi connectivity index (χ1v) is 15.3. The maximum Gasteiger partial charge on any atom is 2.00 e. The fraction of sp³-hybridized carbons (Fsp3) is 0.400. The van der Waals surface area contributed by atoms with Gasteiger partial charge in [0.1, 0.15) is 11.5 Å². The molecule has 2 aromatic rings. The van der Waals surface area contributed by atoms with Gasteiger partial charge in [-0.05, 0) is 51.0 Å². The fourth-order valence-corrected chi connectivity index (χ4v) is 7.63. The first-order valence-electron chi connectivity index (χ1n) is 15.3. The van der Waals surface area contributed by atoms with Crippen LogP contribution >= 0.6 is 0 Å². The van der Waals surface area contributed by atoms with Crippen LogP contribution in [0.2, 0.25) is 0 Å². The zero-order valence-corrected chi connectivity index (χ0v) is 28.3. The van der Waals surface area contributed by atoms with Gasteiger partial charge in [-0.3, -0.25) is 14.4 Å². The van der Waals surface area contributed by atoms with Gasteiger partial charge in [0.2, 0.25) is 0 Å². The molecule has 7 rings (SSSR count). The number of hydrogen-bond donors (Lipinski definition) is 1. The van der Waals surface area contributed by atoms with Crippen molar-refractivity contribution in [2.24, 2.45) is 17.8 Å². The van der Waals surface area contributed by atoms with Gasteiger partial charge in [0.15, 0.2) is 5.78 Å². The second kappa shape index (κ2) is 10.9. The molecule has 5 aliphatic rings. The molecule has 10 nitrogen and oxygen atoms in total. The van der Waals surface area contributed by atoms with Gasteiger partial charge >= 0.3 is 35.0 Å². The van der Waals surface area contributed by atoms with E-state index in [1.165, 1.54) is 7.11 Å². The van der Waals surface area contributed by atoms with Gasteiger partial charge in [0, 0.05) is 12.0 Å². The van der Waals surface area contributed by atoms with Crippen LogP contribution < -0.4 is 20.7 Å². The normalized spacial score (nSPS) is 32.5. The third-order valence-corrected chi connectivity index (χ3v) is 10.2. The number of ether oxygens (including phenoxy) is 2. The maximum absolute atomic E-state index is 14.0. The van der Waals surface area contributed by atoms with Crippen molar-refractivity contribution >= 4 is 58.5 Å². The molecule has 1 spiro atoms. The molecule has 5 atom stereocenters. The molecule has 234 valence electrons. The van der Waals surface area contributed by atoms with Crippen LogP contribution in [0.3, 0.4) is 0 Å². The van der Waals surface area contributed by atoms with Crippen molar-refractivity contribution in [2.75, 3.05) is 7.11 Å². The minimum absolute atomic E-state index is 0. The van der Waals surface area contributed by atoms with Crippen LogP contribution in [0.5, 0.6) is 0 Å². The number of aromatic nitrogens is 2. The van der Waals surface area contributed by atoms with Crippen LogP contribution in [-0.2, 0) is 25.5 Å². The molecule has 0 saturated carbocycles. The minimum Gasteiger partial charge on any atom is -0.664 e. The number of carbonyl (C=O) groups excluding carboxylic acids is 2. The zero-order chi connectivity index (χ0) is 32.2. The van der Waals surface area contributed by atoms with E-state index in [-0.39, 0.29) is 41.8 Å². The standard InChI is InChI=1S/C35H36N4O6.Mg/c1-8-18-15(3)21-13-24-20(9-2)34(6)35(39-24,45-34)14-25-16(4)19(10-11-26(40)41)30(38-25)28-29(33(43)44-7)32(42)27-17(5)22(37-31(27)28)12-23(18)36-21;/h9,12-14,16,19,29H,2,8,10-11H2,1,3-7H3,(H3,37,38,40,41,42);/q-2;+2/p-2/b21-13-,23-12-,25-14-;/t16-,19-,29+,34+,35+;/m0./s1. The number of rotatable bonds is 6. The van der Waals surface area contributed by atoms with E-state index in [2.05, 4.69) is 13.5 Å². The number of Topliss-reactive ketones (excluding diaryl/α,β-unsaturated/α-hetero) is 1. The Morgan fingerprint density at radius 2 is 1.91 bits per heavy atom. The molecule has 2 fully saturated rings. The van der Waals surface area contributed by atoms with E-state index in [1.54, 1.807) is 6.08 Å². The van der Waals surface area contributed by atoms with E-state index in [1.807, 2.05) is 45.9 Å². The van der Waals surface area contributed by atoms with Crippen molar-refractivity contribution in [3.8, 4) is 0 Å². The molecule has 2 aromatic heterocycles. The Labute approximate surface area is 282 Å². The van der Waals surface area contributed by atoms with E-state index < -0.39 is 40.9 Å². The van der Waals surface area contributed by atoms with Crippen LogP contribution in [0.15, 0.2) is 41.4 Å². The predicted octanol–water partition coefficient (Wildman–Crippen LogP) is 3.42. The summed E-state index contributed by atoms with van der Waals surface area (Å²) >= 11 is 0. The average molecular weight is 631 g/mol. The van der Waals surface area contributed by atoms with Crippen LogP contribution in [0.25, 0.3) is 28.4 Å². The van der Waals surface area contributed by atoms with Crippen molar-refractivity contribution in [3.63, 3.8) is 0 Å². The van der Waals surface area contributed by atoms with Crippen LogP contribution in [-0.4, -0.2) is 64.3 Å². The molecule has 0 amide bonds.